The Labute approximate surface area is 154 Å². The Morgan fingerprint density at radius 1 is 1.00 bits per heavy atom. The molecule has 0 aliphatic carbocycles. The molecule has 1 unspecified atom stereocenters. The average molecular weight is 353 g/mol. The molecule has 0 aliphatic heterocycles. The van der Waals surface area contributed by atoms with Crippen molar-refractivity contribution < 1.29 is 5.11 Å². The molecular weight excluding hydrogens is 332 g/mol. The molecule has 1 atom stereocenters. The van der Waals surface area contributed by atoms with E-state index in [1.165, 1.54) is 12.4 Å². The molecule has 1 N–H and O–H groups in total. The lowest BCUT2D eigenvalue weighted by atomic mass is 10.1. The molecule has 0 bridgehead atoms. The van der Waals surface area contributed by atoms with Crippen molar-refractivity contribution in [3.8, 4) is 6.07 Å². The fraction of sp³-hybridized carbons (Fsp3) is 0.143. The van der Waals surface area contributed by atoms with Crippen LogP contribution in [0.3, 0.4) is 0 Å². The van der Waals surface area contributed by atoms with Gasteiger partial charge in [0.05, 0.1) is 16.7 Å². The van der Waals surface area contributed by atoms with E-state index in [-0.39, 0.29) is 6.10 Å². The molecule has 3 aromatic rings. The highest BCUT2D eigenvalue weighted by Gasteiger charge is 2.00. The molecule has 4 heteroatoms. The van der Waals surface area contributed by atoms with Gasteiger partial charge in [0, 0.05) is 12.4 Å². The maximum atomic E-state index is 9.33. The van der Waals surface area contributed by atoms with Crippen molar-refractivity contribution in [2.75, 3.05) is 0 Å². The highest BCUT2D eigenvalue weighted by atomic mass is 35.5. The summed E-state index contributed by atoms with van der Waals surface area (Å²) in [6, 6.07) is 25.2. The van der Waals surface area contributed by atoms with Crippen molar-refractivity contribution in [3.63, 3.8) is 0 Å². The molecule has 3 nitrogen and oxygen atoms in total. The maximum absolute atomic E-state index is 9.33. The molecule has 0 fully saturated rings. The highest BCUT2D eigenvalue weighted by Crippen LogP contribution is 2.14. The number of hydrogen-bond acceptors (Lipinski definition) is 3. The summed E-state index contributed by atoms with van der Waals surface area (Å²) in [5, 5.41) is 18.1. The van der Waals surface area contributed by atoms with E-state index in [2.05, 4.69) is 4.98 Å². The number of aliphatic hydroxyl groups excluding tert-OH is 1. The number of aliphatic hydroxyl groups is 1. The second-order valence-corrected chi connectivity index (χ2v) is 5.36. The van der Waals surface area contributed by atoms with Gasteiger partial charge in [0.2, 0.25) is 0 Å². The monoisotopic (exact) mass is 352 g/mol. The summed E-state index contributed by atoms with van der Waals surface area (Å²) in [5.74, 6) is 0. The summed E-state index contributed by atoms with van der Waals surface area (Å²) in [4.78, 5) is 3.71. The van der Waals surface area contributed by atoms with Gasteiger partial charge in [-0.3, -0.25) is 4.98 Å². The Hall–Kier alpha value is -2.67. The van der Waals surface area contributed by atoms with Crippen LogP contribution in [0, 0.1) is 11.3 Å². The number of rotatable bonds is 2. The Bertz CT molecular complexity index is 716. The molecule has 25 heavy (non-hydrogen) atoms. The van der Waals surface area contributed by atoms with Crippen molar-refractivity contribution in [1.29, 1.82) is 5.26 Å². The molecular formula is C21H21ClN2O. The van der Waals surface area contributed by atoms with Gasteiger partial charge >= 0.3 is 0 Å². The third-order valence-electron chi connectivity index (χ3n) is 3.13. The first-order valence-corrected chi connectivity index (χ1v) is 8.29. The minimum atomic E-state index is -0.291. The zero-order valence-corrected chi connectivity index (χ0v) is 14.8. The van der Waals surface area contributed by atoms with Gasteiger partial charge in [-0.05, 0) is 18.1 Å². The lowest BCUT2D eigenvalue weighted by Crippen LogP contribution is -1.93. The molecule has 2 aromatic carbocycles. The third kappa shape index (κ3) is 8.66. The second kappa shape index (κ2) is 12.7. The van der Waals surface area contributed by atoms with Crippen LogP contribution in [0.4, 0.5) is 0 Å². The van der Waals surface area contributed by atoms with Gasteiger partial charge in [0.15, 0.2) is 0 Å². The number of pyridine rings is 1. The number of halogens is 1. The highest BCUT2D eigenvalue weighted by molar-refractivity contribution is 6.31. The summed E-state index contributed by atoms with van der Waals surface area (Å²) in [5.41, 5.74) is 1.47. The standard InChI is InChI=1S/C9H12O.C6H3ClN2.C6H6/c1-2-9(10)8-6-4-3-5-7-8;7-6-4-9-2-1-5(6)3-8;1-2-4-6-5-3-1/h3-7,9-10H,2H2,1H3;1-2,4H;1-6H. The van der Waals surface area contributed by atoms with Crippen LogP contribution in [-0.2, 0) is 0 Å². The van der Waals surface area contributed by atoms with Crippen molar-refractivity contribution in [2.24, 2.45) is 0 Å². The van der Waals surface area contributed by atoms with E-state index in [1.54, 1.807) is 6.07 Å². The minimum absolute atomic E-state index is 0.291. The van der Waals surface area contributed by atoms with E-state index in [4.69, 9.17) is 16.9 Å². The van der Waals surface area contributed by atoms with Crippen LogP contribution in [0.25, 0.3) is 0 Å². The van der Waals surface area contributed by atoms with E-state index in [9.17, 15) is 5.11 Å². The van der Waals surface area contributed by atoms with E-state index in [0.717, 1.165) is 12.0 Å². The van der Waals surface area contributed by atoms with Crippen molar-refractivity contribution >= 4 is 11.6 Å². The molecule has 0 radical (unpaired) electrons. The summed E-state index contributed by atoms with van der Waals surface area (Å²) < 4.78 is 0. The summed E-state index contributed by atoms with van der Waals surface area (Å²) in [6.07, 6.45) is 3.47. The zero-order valence-electron chi connectivity index (χ0n) is 14.1. The second-order valence-electron chi connectivity index (χ2n) is 4.96. The van der Waals surface area contributed by atoms with Crippen LogP contribution in [-0.4, -0.2) is 10.1 Å². The Kier molecular flexibility index (Phi) is 10.4. The molecule has 3 rings (SSSR count). The fourth-order valence-electron chi connectivity index (χ4n) is 1.76. The quantitative estimate of drug-likeness (QED) is 0.669. The van der Waals surface area contributed by atoms with Gasteiger partial charge in [-0.2, -0.15) is 5.26 Å². The maximum Gasteiger partial charge on any atom is 0.101 e. The fourth-order valence-corrected chi connectivity index (χ4v) is 1.92. The normalized spacial score (nSPS) is 10.2. The first-order valence-electron chi connectivity index (χ1n) is 7.91. The zero-order chi connectivity index (χ0) is 18.3. The van der Waals surface area contributed by atoms with Crippen LogP contribution in [0.1, 0.15) is 30.6 Å². The van der Waals surface area contributed by atoms with Crippen LogP contribution in [0.5, 0.6) is 0 Å². The lowest BCUT2D eigenvalue weighted by molar-refractivity contribution is 0.173. The lowest BCUT2D eigenvalue weighted by Gasteiger charge is -2.05. The predicted molar refractivity (Wildman–Crippen MR) is 102 cm³/mol. The third-order valence-corrected chi connectivity index (χ3v) is 3.43. The predicted octanol–water partition coefficient (Wildman–Crippen LogP) is 5.42. The van der Waals surface area contributed by atoms with Crippen LogP contribution in [0.15, 0.2) is 85.2 Å². The molecule has 0 aliphatic rings. The first-order chi connectivity index (χ1) is 12.2. The summed E-state index contributed by atoms with van der Waals surface area (Å²) in [6.45, 7) is 1.97. The van der Waals surface area contributed by atoms with Gasteiger partial charge in [0.25, 0.3) is 0 Å². The SMILES string of the molecule is CCC(O)c1ccccc1.N#Cc1ccncc1Cl.c1ccccc1. The van der Waals surface area contributed by atoms with E-state index < -0.39 is 0 Å². The van der Waals surface area contributed by atoms with Crippen molar-refractivity contribution in [2.45, 2.75) is 19.4 Å². The van der Waals surface area contributed by atoms with E-state index in [0.29, 0.717) is 10.6 Å². The van der Waals surface area contributed by atoms with Gasteiger partial charge in [0.1, 0.15) is 6.07 Å². The Morgan fingerprint density at radius 2 is 1.52 bits per heavy atom. The Balaban J connectivity index is 0.000000193. The van der Waals surface area contributed by atoms with Gasteiger partial charge < -0.3 is 5.11 Å². The van der Waals surface area contributed by atoms with Gasteiger partial charge in [-0.1, -0.05) is 85.3 Å². The van der Waals surface area contributed by atoms with Crippen LogP contribution in [0.2, 0.25) is 5.02 Å². The van der Waals surface area contributed by atoms with Crippen LogP contribution < -0.4 is 0 Å². The smallest absolute Gasteiger partial charge is 0.101 e. The molecule has 0 saturated carbocycles. The van der Waals surface area contributed by atoms with E-state index >= 15 is 0 Å². The van der Waals surface area contributed by atoms with Crippen LogP contribution >= 0.6 is 11.6 Å². The largest absolute Gasteiger partial charge is 0.388 e. The molecule has 0 amide bonds. The van der Waals surface area contributed by atoms with Gasteiger partial charge in [-0.25, -0.2) is 0 Å². The molecule has 1 aromatic heterocycles. The number of nitriles is 1. The molecule has 0 saturated heterocycles. The Morgan fingerprint density at radius 3 is 1.92 bits per heavy atom. The minimum Gasteiger partial charge on any atom is -0.388 e. The summed E-state index contributed by atoms with van der Waals surface area (Å²) in [7, 11) is 0. The van der Waals surface area contributed by atoms with Crippen molar-refractivity contribution in [1.82, 2.24) is 4.98 Å². The number of benzene rings is 2. The molecule has 0 spiro atoms. The van der Waals surface area contributed by atoms with E-state index in [1.807, 2.05) is 79.7 Å². The average Bonchev–Trinajstić information content (AvgIpc) is 2.71. The number of aromatic nitrogens is 1. The summed E-state index contributed by atoms with van der Waals surface area (Å²) >= 11 is 5.54. The van der Waals surface area contributed by atoms with Crippen molar-refractivity contribution in [3.05, 3.63) is 101 Å². The van der Waals surface area contributed by atoms with Gasteiger partial charge in [-0.15, -0.1) is 0 Å². The number of nitrogens with zero attached hydrogens (tertiary/aromatic N) is 2. The molecule has 128 valence electrons. The number of hydrogen-bond donors (Lipinski definition) is 1. The first kappa shape index (κ1) is 20.4. The topological polar surface area (TPSA) is 56.9 Å². The molecule has 1 heterocycles.